The van der Waals surface area contributed by atoms with Crippen molar-refractivity contribution in [3.05, 3.63) is 100 Å². The van der Waals surface area contributed by atoms with Crippen molar-refractivity contribution in [3.8, 4) is 11.5 Å². The first-order chi connectivity index (χ1) is 13.9. The van der Waals surface area contributed by atoms with Crippen LogP contribution in [0, 0.1) is 18.6 Å². The van der Waals surface area contributed by atoms with E-state index >= 15 is 0 Å². The number of benzene rings is 3. The van der Waals surface area contributed by atoms with Crippen molar-refractivity contribution in [3.63, 3.8) is 0 Å². The Hall–Kier alpha value is -3.80. The van der Waals surface area contributed by atoms with Gasteiger partial charge < -0.3 is 9.47 Å². The minimum atomic E-state index is -0.723. The summed E-state index contributed by atoms with van der Waals surface area (Å²) in [7, 11) is 0. The maximum Gasteiger partial charge on any atom is 0.343 e. The second-order valence-corrected chi connectivity index (χ2v) is 6.46. The van der Waals surface area contributed by atoms with Gasteiger partial charge in [-0.05, 0) is 61.0 Å². The zero-order valence-electron chi connectivity index (χ0n) is 15.2. The zero-order chi connectivity index (χ0) is 20.5. The summed E-state index contributed by atoms with van der Waals surface area (Å²) in [5.41, 5.74) is 1.47. The van der Waals surface area contributed by atoms with Crippen LogP contribution in [0.4, 0.5) is 8.78 Å². The average Bonchev–Trinajstić information content (AvgIpc) is 3.02. The number of fused-ring (bicyclic) bond motifs is 1. The molecule has 0 unspecified atom stereocenters. The molecule has 1 aliphatic rings. The van der Waals surface area contributed by atoms with Gasteiger partial charge in [0.25, 0.3) is 0 Å². The highest BCUT2D eigenvalue weighted by Crippen LogP contribution is 2.39. The van der Waals surface area contributed by atoms with Crippen LogP contribution in [-0.2, 0) is 0 Å². The molecule has 0 atom stereocenters. The van der Waals surface area contributed by atoms with Crippen LogP contribution in [0.3, 0.4) is 0 Å². The number of rotatable bonds is 3. The van der Waals surface area contributed by atoms with Crippen molar-refractivity contribution in [1.29, 1.82) is 0 Å². The Morgan fingerprint density at radius 3 is 2.48 bits per heavy atom. The number of carbonyl (C=O) groups is 2. The molecule has 0 spiro atoms. The van der Waals surface area contributed by atoms with Crippen LogP contribution in [0.25, 0.3) is 6.08 Å². The van der Waals surface area contributed by atoms with Crippen LogP contribution in [0.2, 0.25) is 0 Å². The van der Waals surface area contributed by atoms with E-state index in [-0.39, 0.29) is 34.4 Å². The van der Waals surface area contributed by atoms with E-state index in [9.17, 15) is 18.4 Å². The van der Waals surface area contributed by atoms with Crippen LogP contribution in [0.15, 0.2) is 66.4 Å². The van der Waals surface area contributed by atoms with E-state index in [2.05, 4.69) is 0 Å². The number of allylic oxidation sites excluding steroid dienone is 1. The molecule has 4 nitrogen and oxygen atoms in total. The number of Topliss-reactive ketones (excluding diaryl/α,β-unsaturated/α-hetero) is 1. The lowest BCUT2D eigenvalue weighted by atomic mass is 10.1. The van der Waals surface area contributed by atoms with Crippen LogP contribution < -0.4 is 9.47 Å². The fourth-order valence-corrected chi connectivity index (χ4v) is 2.96. The van der Waals surface area contributed by atoms with Crippen molar-refractivity contribution in [1.82, 2.24) is 0 Å². The smallest absolute Gasteiger partial charge is 0.343 e. The molecule has 1 aliphatic heterocycles. The molecule has 0 amide bonds. The van der Waals surface area contributed by atoms with Gasteiger partial charge in [0.05, 0.1) is 11.1 Å². The van der Waals surface area contributed by atoms with Crippen molar-refractivity contribution in [2.24, 2.45) is 0 Å². The first-order valence-electron chi connectivity index (χ1n) is 8.73. The Kier molecular flexibility index (Phi) is 4.68. The van der Waals surface area contributed by atoms with Crippen LogP contribution in [0.1, 0.15) is 31.8 Å². The van der Waals surface area contributed by atoms with E-state index < -0.39 is 11.8 Å². The molecule has 1 heterocycles. The molecule has 144 valence electrons. The summed E-state index contributed by atoms with van der Waals surface area (Å²) in [6, 6.07) is 13.8. The monoisotopic (exact) mass is 392 g/mol. The maximum absolute atomic E-state index is 13.3. The molecule has 0 aliphatic carbocycles. The normalized spacial score (nSPS) is 13.9. The SMILES string of the molecule is Cc1c(OC(=O)c2cccc(F)c2)ccc2c1O/C(=C\c1ccc(F)cc1)C2=O. The lowest BCUT2D eigenvalue weighted by Crippen LogP contribution is -2.09. The third-order valence-electron chi connectivity index (χ3n) is 4.47. The van der Waals surface area contributed by atoms with Crippen molar-refractivity contribution in [2.75, 3.05) is 0 Å². The molecular formula is C23H14F2O4. The van der Waals surface area contributed by atoms with Crippen molar-refractivity contribution >= 4 is 17.8 Å². The van der Waals surface area contributed by atoms with Crippen molar-refractivity contribution < 1.29 is 27.8 Å². The molecule has 0 aromatic heterocycles. The number of carbonyl (C=O) groups excluding carboxylic acids is 2. The van der Waals surface area contributed by atoms with E-state index in [1.165, 1.54) is 60.7 Å². The van der Waals surface area contributed by atoms with E-state index in [0.717, 1.165) is 6.07 Å². The van der Waals surface area contributed by atoms with E-state index in [1.807, 2.05) is 0 Å². The molecule has 0 fully saturated rings. The third-order valence-corrected chi connectivity index (χ3v) is 4.47. The Balaban J connectivity index is 1.61. The highest BCUT2D eigenvalue weighted by molar-refractivity contribution is 6.15. The quantitative estimate of drug-likeness (QED) is 0.353. The zero-order valence-corrected chi connectivity index (χ0v) is 15.2. The highest BCUT2D eigenvalue weighted by Gasteiger charge is 2.30. The van der Waals surface area contributed by atoms with Gasteiger partial charge in [-0.1, -0.05) is 18.2 Å². The van der Waals surface area contributed by atoms with Crippen LogP contribution in [0.5, 0.6) is 11.5 Å². The predicted octanol–water partition coefficient (Wildman–Crippen LogP) is 5.11. The van der Waals surface area contributed by atoms with Gasteiger partial charge in [0.15, 0.2) is 5.76 Å². The Morgan fingerprint density at radius 1 is 1.00 bits per heavy atom. The van der Waals surface area contributed by atoms with Gasteiger partial charge >= 0.3 is 5.97 Å². The fourth-order valence-electron chi connectivity index (χ4n) is 2.96. The van der Waals surface area contributed by atoms with E-state index in [4.69, 9.17) is 9.47 Å². The Labute approximate surface area is 165 Å². The van der Waals surface area contributed by atoms with Gasteiger partial charge in [0, 0.05) is 5.56 Å². The topological polar surface area (TPSA) is 52.6 Å². The molecule has 0 saturated heterocycles. The number of hydrogen-bond donors (Lipinski definition) is 0. The third kappa shape index (κ3) is 3.65. The van der Waals surface area contributed by atoms with Crippen molar-refractivity contribution in [2.45, 2.75) is 6.92 Å². The summed E-state index contributed by atoms with van der Waals surface area (Å²) in [6.45, 7) is 1.65. The summed E-state index contributed by atoms with van der Waals surface area (Å²) in [6.07, 6.45) is 1.51. The summed E-state index contributed by atoms with van der Waals surface area (Å²) in [5.74, 6) is -1.40. The maximum atomic E-state index is 13.3. The highest BCUT2D eigenvalue weighted by atomic mass is 19.1. The van der Waals surface area contributed by atoms with Crippen LogP contribution >= 0.6 is 0 Å². The molecule has 3 aromatic rings. The summed E-state index contributed by atoms with van der Waals surface area (Å²) < 4.78 is 37.4. The molecule has 0 saturated carbocycles. The lowest BCUT2D eigenvalue weighted by Gasteiger charge is -2.10. The Morgan fingerprint density at radius 2 is 1.76 bits per heavy atom. The second-order valence-electron chi connectivity index (χ2n) is 6.46. The Bertz CT molecular complexity index is 1160. The number of ketones is 1. The number of hydrogen-bond acceptors (Lipinski definition) is 4. The largest absolute Gasteiger partial charge is 0.452 e. The minimum absolute atomic E-state index is 0.0683. The molecule has 0 bridgehead atoms. The second kappa shape index (κ2) is 7.31. The molecular weight excluding hydrogens is 378 g/mol. The fraction of sp³-hybridized carbons (Fsp3) is 0.0435. The first kappa shape index (κ1) is 18.6. The minimum Gasteiger partial charge on any atom is -0.452 e. The summed E-state index contributed by atoms with van der Waals surface area (Å²) >= 11 is 0. The summed E-state index contributed by atoms with van der Waals surface area (Å²) in [4.78, 5) is 24.9. The van der Waals surface area contributed by atoms with Gasteiger partial charge in [0.1, 0.15) is 23.1 Å². The molecule has 0 radical (unpaired) electrons. The molecule has 3 aromatic carbocycles. The molecule has 6 heteroatoms. The van der Waals surface area contributed by atoms with Gasteiger partial charge in [-0.15, -0.1) is 0 Å². The van der Waals surface area contributed by atoms with Gasteiger partial charge in [0.2, 0.25) is 5.78 Å². The molecule has 4 rings (SSSR count). The standard InChI is InChI=1S/C23H14F2O4/c1-13-19(29-23(27)15-3-2-4-17(25)12-15)10-9-18-21(26)20(28-22(13)18)11-14-5-7-16(24)8-6-14/h2-12H,1H3/b20-11-. The van der Waals surface area contributed by atoms with E-state index in [0.29, 0.717) is 16.7 Å². The number of halogens is 2. The van der Waals surface area contributed by atoms with Gasteiger partial charge in [-0.2, -0.15) is 0 Å². The number of esters is 1. The predicted molar refractivity (Wildman–Crippen MR) is 102 cm³/mol. The van der Waals surface area contributed by atoms with Crippen LogP contribution in [-0.4, -0.2) is 11.8 Å². The molecule has 29 heavy (non-hydrogen) atoms. The van der Waals surface area contributed by atoms with Gasteiger partial charge in [-0.25, -0.2) is 13.6 Å². The summed E-state index contributed by atoms with van der Waals surface area (Å²) in [5, 5.41) is 0. The van der Waals surface area contributed by atoms with Gasteiger partial charge in [-0.3, -0.25) is 4.79 Å². The molecule has 0 N–H and O–H groups in total. The first-order valence-corrected chi connectivity index (χ1v) is 8.73. The van der Waals surface area contributed by atoms with E-state index in [1.54, 1.807) is 6.92 Å². The lowest BCUT2D eigenvalue weighted by molar-refractivity contribution is 0.0732. The number of ether oxygens (including phenoxy) is 2. The average molecular weight is 392 g/mol.